The molecule has 0 bridgehead atoms. The Morgan fingerprint density at radius 1 is 1.54 bits per heavy atom. The van der Waals surface area contributed by atoms with Gasteiger partial charge in [-0.2, -0.15) is 0 Å². The Bertz CT molecular complexity index is 260. The molecule has 0 aromatic heterocycles. The Labute approximate surface area is 77.5 Å². The van der Waals surface area contributed by atoms with Gasteiger partial charge in [0.2, 0.25) is 10.0 Å². The van der Waals surface area contributed by atoms with Gasteiger partial charge in [0.1, 0.15) is 6.61 Å². The number of primary amides is 1. The highest BCUT2D eigenvalue weighted by atomic mass is 32.2. The van der Waals surface area contributed by atoms with Crippen LogP contribution in [0.1, 0.15) is 13.8 Å². The van der Waals surface area contributed by atoms with Crippen LogP contribution in [0.3, 0.4) is 0 Å². The van der Waals surface area contributed by atoms with Gasteiger partial charge in [0, 0.05) is 6.54 Å². The van der Waals surface area contributed by atoms with Gasteiger partial charge in [0.05, 0.1) is 5.25 Å². The molecule has 0 saturated carbocycles. The Morgan fingerprint density at radius 3 is 2.46 bits per heavy atom. The Balaban J connectivity index is 3.72. The van der Waals surface area contributed by atoms with E-state index in [1.807, 2.05) is 0 Å². The van der Waals surface area contributed by atoms with E-state index in [2.05, 4.69) is 15.2 Å². The molecule has 0 aliphatic rings. The van der Waals surface area contributed by atoms with E-state index in [9.17, 15) is 13.2 Å². The van der Waals surface area contributed by atoms with Crippen molar-refractivity contribution in [2.24, 2.45) is 5.73 Å². The third kappa shape index (κ3) is 5.42. The molecule has 78 valence electrons. The lowest BCUT2D eigenvalue weighted by molar-refractivity contribution is 0.159. The maximum atomic E-state index is 11.1. The SMILES string of the molecule is CC(C)S(=O)(=O)NCCOC(N)=O. The normalized spacial score (nSPS) is 11.6. The molecule has 0 saturated heterocycles. The first-order valence-corrected chi connectivity index (χ1v) is 5.31. The van der Waals surface area contributed by atoms with Gasteiger partial charge < -0.3 is 10.5 Å². The van der Waals surface area contributed by atoms with Crippen LogP contribution in [0.5, 0.6) is 0 Å². The number of carbonyl (C=O) groups excluding carboxylic acids is 1. The van der Waals surface area contributed by atoms with E-state index >= 15 is 0 Å². The van der Waals surface area contributed by atoms with Crippen LogP contribution in [-0.2, 0) is 14.8 Å². The van der Waals surface area contributed by atoms with Crippen LogP contribution in [0, 0.1) is 0 Å². The molecular formula is C6H14N2O4S. The van der Waals surface area contributed by atoms with Gasteiger partial charge in [-0.25, -0.2) is 17.9 Å². The molecule has 6 nitrogen and oxygen atoms in total. The number of rotatable bonds is 5. The summed E-state index contributed by atoms with van der Waals surface area (Å²) in [7, 11) is -3.28. The molecule has 3 N–H and O–H groups in total. The minimum Gasteiger partial charge on any atom is -0.448 e. The fourth-order valence-electron chi connectivity index (χ4n) is 0.502. The maximum Gasteiger partial charge on any atom is 0.404 e. The lowest BCUT2D eigenvalue weighted by Gasteiger charge is -2.08. The highest BCUT2D eigenvalue weighted by Gasteiger charge is 2.14. The molecule has 0 fully saturated rings. The molecule has 0 rings (SSSR count). The van der Waals surface area contributed by atoms with Crippen molar-refractivity contribution < 1.29 is 17.9 Å². The summed E-state index contributed by atoms with van der Waals surface area (Å²) in [6, 6.07) is 0. The zero-order valence-corrected chi connectivity index (χ0v) is 8.43. The minimum atomic E-state index is -3.28. The molecule has 0 unspecified atom stereocenters. The second kappa shape index (κ2) is 5.03. The number of carbonyl (C=O) groups is 1. The average Bonchev–Trinajstić information content (AvgIpc) is 1.97. The fraction of sp³-hybridized carbons (Fsp3) is 0.833. The quantitative estimate of drug-likeness (QED) is 0.592. The number of hydrogen-bond donors (Lipinski definition) is 2. The molecule has 0 atom stereocenters. The summed E-state index contributed by atoms with van der Waals surface area (Å²) >= 11 is 0. The van der Waals surface area contributed by atoms with Crippen molar-refractivity contribution in [2.75, 3.05) is 13.2 Å². The average molecular weight is 210 g/mol. The summed E-state index contributed by atoms with van der Waals surface area (Å²) < 4.78 is 28.8. The number of ether oxygens (including phenoxy) is 1. The number of nitrogens with two attached hydrogens (primary N) is 1. The summed E-state index contributed by atoms with van der Waals surface area (Å²) in [4.78, 5) is 10.1. The number of nitrogens with one attached hydrogen (secondary N) is 1. The summed E-state index contributed by atoms with van der Waals surface area (Å²) in [6.07, 6.45) is -0.913. The number of amides is 1. The number of sulfonamides is 1. The molecule has 1 amide bonds. The van der Waals surface area contributed by atoms with E-state index in [1.165, 1.54) is 0 Å². The van der Waals surface area contributed by atoms with Gasteiger partial charge in [-0.15, -0.1) is 0 Å². The van der Waals surface area contributed by atoms with Crippen molar-refractivity contribution in [2.45, 2.75) is 19.1 Å². The smallest absolute Gasteiger partial charge is 0.404 e. The predicted octanol–water partition coefficient (Wildman–Crippen LogP) is -0.590. The molecule has 0 aromatic rings. The molecule has 0 heterocycles. The van der Waals surface area contributed by atoms with E-state index in [0.29, 0.717) is 0 Å². The largest absolute Gasteiger partial charge is 0.448 e. The lowest BCUT2D eigenvalue weighted by atomic mass is 10.6. The fourth-order valence-corrected chi connectivity index (χ4v) is 1.20. The summed E-state index contributed by atoms with van der Waals surface area (Å²) in [5.74, 6) is 0. The summed E-state index contributed by atoms with van der Waals surface area (Å²) in [6.45, 7) is 3.10. The molecular weight excluding hydrogens is 196 g/mol. The van der Waals surface area contributed by atoms with Crippen molar-refractivity contribution in [1.29, 1.82) is 0 Å². The van der Waals surface area contributed by atoms with Crippen LogP contribution in [0.25, 0.3) is 0 Å². The second-order valence-electron chi connectivity index (χ2n) is 2.66. The van der Waals surface area contributed by atoms with Crippen molar-refractivity contribution in [1.82, 2.24) is 4.72 Å². The monoisotopic (exact) mass is 210 g/mol. The van der Waals surface area contributed by atoms with Crippen molar-refractivity contribution in [3.8, 4) is 0 Å². The van der Waals surface area contributed by atoms with Crippen molar-refractivity contribution in [3.63, 3.8) is 0 Å². The highest BCUT2D eigenvalue weighted by Crippen LogP contribution is 1.94. The Morgan fingerprint density at radius 2 is 2.08 bits per heavy atom. The summed E-state index contributed by atoms with van der Waals surface area (Å²) in [5, 5.41) is -0.499. The van der Waals surface area contributed by atoms with Gasteiger partial charge in [-0.05, 0) is 13.8 Å². The van der Waals surface area contributed by atoms with Gasteiger partial charge in [0.25, 0.3) is 0 Å². The first kappa shape index (κ1) is 12.2. The topological polar surface area (TPSA) is 98.5 Å². The van der Waals surface area contributed by atoms with Crippen LogP contribution >= 0.6 is 0 Å². The van der Waals surface area contributed by atoms with Crippen LogP contribution in [0.2, 0.25) is 0 Å². The van der Waals surface area contributed by atoms with E-state index < -0.39 is 21.4 Å². The molecule has 7 heteroatoms. The van der Waals surface area contributed by atoms with Crippen LogP contribution in [0.15, 0.2) is 0 Å². The molecule has 0 aromatic carbocycles. The van der Waals surface area contributed by atoms with Crippen LogP contribution in [0.4, 0.5) is 4.79 Å². The Hall–Kier alpha value is -0.820. The molecule has 0 radical (unpaired) electrons. The molecule has 0 aliphatic heterocycles. The highest BCUT2D eigenvalue weighted by molar-refractivity contribution is 7.90. The van der Waals surface area contributed by atoms with E-state index in [4.69, 9.17) is 0 Å². The van der Waals surface area contributed by atoms with E-state index in [1.54, 1.807) is 13.8 Å². The van der Waals surface area contributed by atoms with Gasteiger partial charge in [-0.1, -0.05) is 0 Å². The lowest BCUT2D eigenvalue weighted by Crippen LogP contribution is -2.34. The Kier molecular flexibility index (Phi) is 4.71. The van der Waals surface area contributed by atoms with Gasteiger partial charge >= 0.3 is 6.09 Å². The third-order valence-corrected chi connectivity index (χ3v) is 3.12. The van der Waals surface area contributed by atoms with Gasteiger partial charge in [-0.3, -0.25) is 0 Å². The third-order valence-electron chi connectivity index (χ3n) is 1.27. The zero-order chi connectivity index (χ0) is 10.5. The van der Waals surface area contributed by atoms with Crippen LogP contribution in [-0.4, -0.2) is 32.9 Å². The molecule has 13 heavy (non-hydrogen) atoms. The second-order valence-corrected chi connectivity index (χ2v) is 4.98. The van der Waals surface area contributed by atoms with Gasteiger partial charge in [0.15, 0.2) is 0 Å². The zero-order valence-electron chi connectivity index (χ0n) is 7.61. The summed E-state index contributed by atoms with van der Waals surface area (Å²) in [5.41, 5.74) is 4.66. The first-order chi connectivity index (χ1) is 5.86. The minimum absolute atomic E-state index is 0.0451. The standard InChI is InChI=1S/C6H14N2O4S/c1-5(2)13(10,11)8-3-4-12-6(7)9/h5,8H,3-4H2,1-2H3,(H2,7,9). The van der Waals surface area contributed by atoms with Crippen molar-refractivity contribution in [3.05, 3.63) is 0 Å². The molecule has 0 spiro atoms. The van der Waals surface area contributed by atoms with Crippen LogP contribution < -0.4 is 10.5 Å². The molecule has 0 aliphatic carbocycles. The predicted molar refractivity (Wildman–Crippen MR) is 47.6 cm³/mol. The number of hydrogen-bond acceptors (Lipinski definition) is 4. The maximum absolute atomic E-state index is 11.1. The first-order valence-electron chi connectivity index (χ1n) is 3.77. The van der Waals surface area contributed by atoms with E-state index in [0.717, 1.165) is 0 Å². The van der Waals surface area contributed by atoms with Crippen molar-refractivity contribution >= 4 is 16.1 Å². The van der Waals surface area contributed by atoms with E-state index in [-0.39, 0.29) is 13.2 Å².